The number of carbonyl (C=O) groups is 1. The van der Waals surface area contributed by atoms with Gasteiger partial charge in [-0.15, -0.1) is 23.1 Å². The Balaban J connectivity index is 1.19. The highest BCUT2D eigenvalue weighted by molar-refractivity contribution is 7.99. The van der Waals surface area contributed by atoms with Crippen LogP contribution in [-0.2, 0) is 0 Å². The first kappa shape index (κ1) is 18.0. The fourth-order valence-electron chi connectivity index (χ4n) is 3.27. The predicted molar refractivity (Wildman–Crippen MR) is 121 cm³/mol. The lowest BCUT2D eigenvalue weighted by Crippen LogP contribution is -2.25. The van der Waals surface area contributed by atoms with Crippen molar-refractivity contribution >= 4 is 50.8 Å². The Morgan fingerprint density at radius 2 is 1.93 bits per heavy atom. The minimum Gasteiger partial charge on any atom is -0.360 e. The number of thiazole rings is 1. The third-order valence-electron chi connectivity index (χ3n) is 4.69. The van der Waals surface area contributed by atoms with Gasteiger partial charge in [0.05, 0.1) is 5.69 Å². The van der Waals surface area contributed by atoms with Crippen LogP contribution >= 0.6 is 23.1 Å². The molecule has 0 radical (unpaired) electrons. The van der Waals surface area contributed by atoms with Crippen molar-refractivity contribution in [3.05, 3.63) is 71.9 Å². The highest BCUT2D eigenvalue weighted by Crippen LogP contribution is 2.28. The molecule has 0 fully saturated rings. The molecule has 29 heavy (non-hydrogen) atoms. The number of nitrogens with one attached hydrogen (secondary N) is 3. The van der Waals surface area contributed by atoms with Gasteiger partial charge in [0.1, 0.15) is 10.7 Å². The Bertz CT molecular complexity index is 1270. The first-order valence-electron chi connectivity index (χ1n) is 9.29. The van der Waals surface area contributed by atoms with Gasteiger partial charge < -0.3 is 15.3 Å². The molecule has 144 valence electrons. The van der Waals surface area contributed by atoms with Crippen molar-refractivity contribution in [2.24, 2.45) is 0 Å². The molecular weight excluding hydrogens is 400 g/mol. The van der Waals surface area contributed by atoms with E-state index in [4.69, 9.17) is 0 Å². The number of rotatable bonds is 6. The van der Waals surface area contributed by atoms with Gasteiger partial charge >= 0.3 is 0 Å². The van der Waals surface area contributed by atoms with E-state index in [0.717, 1.165) is 32.9 Å². The summed E-state index contributed by atoms with van der Waals surface area (Å²) in [5.74, 6) is 0.662. The van der Waals surface area contributed by atoms with Crippen LogP contribution in [0.3, 0.4) is 0 Å². The standard InChI is InChI=1S/C22H18N4OS2/c27-21(23-9-10-28-20-12-24-17-8-4-2-6-15(17)20)19-13-29-22(26-19)18-11-14-5-1-3-7-16(14)25-18/h1-8,11-13,24-25H,9-10H2,(H,23,27). The van der Waals surface area contributed by atoms with Crippen LogP contribution in [0.25, 0.3) is 32.5 Å². The summed E-state index contributed by atoms with van der Waals surface area (Å²) in [6.45, 7) is 0.586. The summed E-state index contributed by atoms with van der Waals surface area (Å²) in [5.41, 5.74) is 3.59. The van der Waals surface area contributed by atoms with E-state index in [1.807, 2.05) is 41.9 Å². The van der Waals surface area contributed by atoms with Crippen molar-refractivity contribution in [2.75, 3.05) is 12.3 Å². The van der Waals surface area contributed by atoms with Gasteiger partial charge in [-0.1, -0.05) is 36.4 Å². The van der Waals surface area contributed by atoms with Crippen molar-refractivity contribution in [1.29, 1.82) is 0 Å². The molecule has 0 aliphatic carbocycles. The zero-order chi connectivity index (χ0) is 19.6. The number of hydrogen-bond acceptors (Lipinski definition) is 4. The second-order valence-corrected chi connectivity index (χ2v) is 8.61. The quantitative estimate of drug-likeness (QED) is 0.259. The van der Waals surface area contributed by atoms with Crippen LogP contribution in [0, 0.1) is 0 Å². The maximum Gasteiger partial charge on any atom is 0.270 e. The van der Waals surface area contributed by atoms with E-state index in [9.17, 15) is 4.79 Å². The fraction of sp³-hybridized carbons (Fsp3) is 0.0909. The molecular formula is C22H18N4OS2. The Labute approximate surface area is 175 Å². The molecule has 3 heterocycles. The molecule has 0 aliphatic rings. The molecule has 5 nitrogen and oxygen atoms in total. The van der Waals surface area contributed by atoms with E-state index in [-0.39, 0.29) is 5.91 Å². The number of thioether (sulfide) groups is 1. The van der Waals surface area contributed by atoms with Gasteiger partial charge in [-0.2, -0.15) is 0 Å². The van der Waals surface area contributed by atoms with Gasteiger partial charge in [0, 0.05) is 50.6 Å². The molecule has 0 aliphatic heterocycles. The number of amides is 1. The number of H-pyrrole nitrogens is 2. The molecule has 7 heteroatoms. The van der Waals surface area contributed by atoms with Crippen molar-refractivity contribution < 1.29 is 4.79 Å². The van der Waals surface area contributed by atoms with Crippen LogP contribution in [0.2, 0.25) is 0 Å². The van der Waals surface area contributed by atoms with Crippen LogP contribution in [0.5, 0.6) is 0 Å². The van der Waals surface area contributed by atoms with Gasteiger partial charge in [-0.3, -0.25) is 4.79 Å². The van der Waals surface area contributed by atoms with Gasteiger partial charge in [0.15, 0.2) is 0 Å². The number of hydrogen-bond donors (Lipinski definition) is 3. The number of carbonyl (C=O) groups excluding carboxylic acids is 1. The average molecular weight is 419 g/mol. The third-order valence-corrected chi connectivity index (χ3v) is 6.63. The second kappa shape index (κ2) is 7.77. The van der Waals surface area contributed by atoms with E-state index in [1.165, 1.54) is 21.6 Å². The Morgan fingerprint density at radius 3 is 2.83 bits per heavy atom. The predicted octanol–water partition coefficient (Wildman–Crippen LogP) is 5.29. The Hall–Kier alpha value is -3.03. The Kier molecular flexibility index (Phi) is 4.83. The lowest BCUT2D eigenvalue weighted by molar-refractivity contribution is 0.0952. The smallest absolute Gasteiger partial charge is 0.270 e. The molecule has 0 saturated heterocycles. The molecule has 0 saturated carbocycles. The summed E-state index contributed by atoms with van der Waals surface area (Å²) < 4.78 is 0. The van der Waals surface area contributed by atoms with Gasteiger partial charge in [-0.05, 0) is 18.2 Å². The largest absolute Gasteiger partial charge is 0.360 e. The van der Waals surface area contributed by atoms with E-state index < -0.39 is 0 Å². The van der Waals surface area contributed by atoms with Crippen molar-refractivity contribution in [1.82, 2.24) is 20.3 Å². The summed E-state index contributed by atoms with van der Waals surface area (Å²) >= 11 is 3.20. The number of fused-ring (bicyclic) bond motifs is 2. The third kappa shape index (κ3) is 3.66. The molecule has 0 atom stereocenters. The van der Waals surface area contributed by atoms with Crippen LogP contribution in [0.1, 0.15) is 10.5 Å². The SMILES string of the molecule is O=C(NCCSc1c[nH]c2ccccc12)c1csc(-c2cc3ccccc3[nH]2)n1. The Morgan fingerprint density at radius 1 is 1.10 bits per heavy atom. The molecule has 0 unspecified atom stereocenters. The van der Waals surface area contributed by atoms with Crippen LogP contribution < -0.4 is 5.32 Å². The molecule has 3 aromatic heterocycles. The number of benzene rings is 2. The summed E-state index contributed by atoms with van der Waals surface area (Å²) in [5, 5.41) is 7.94. The van der Waals surface area contributed by atoms with Gasteiger partial charge in [0.2, 0.25) is 0 Å². The van der Waals surface area contributed by atoms with Gasteiger partial charge in [0.25, 0.3) is 5.91 Å². The maximum atomic E-state index is 12.4. The van der Waals surface area contributed by atoms with Crippen LogP contribution in [0.4, 0.5) is 0 Å². The highest BCUT2D eigenvalue weighted by atomic mass is 32.2. The van der Waals surface area contributed by atoms with Crippen molar-refractivity contribution in [2.45, 2.75) is 4.90 Å². The highest BCUT2D eigenvalue weighted by Gasteiger charge is 2.13. The molecule has 2 aromatic carbocycles. The zero-order valence-corrected chi connectivity index (χ0v) is 17.1. The lowest BCUT2D eigenvalue weighted by atomic mass is 10.2. The zero-order valence-electron chi connectivity index (χ0n) is 15.4. The average Bonchev–Trinajstić information content (AvgIpc) is 3.48. The molecule has 3 N–H and O–H groups in total. The molecule has 5 rings (SSSR count). The summed E-state index contributed by atoms with van der Waals surface area (Å²) in [4.78, 5) is 24.8. The second-order valence-electron chi connectivity index (χ2n) is 6.61. The number of nitrogens with zero attached hydrogens (tertiary/aromatic N) is 1. The van der Waals surface area contributed by atoms with Crippen molar-refractivity contribution in [3.8, 4) is 10.7 Å². The summed E-state index contributed by atoms with van der Waals surface area (Å²) in [7, 11) is 0. The lowest BCUT2D eigenvalue weighted by Gasteiger charge is -2.03. The number of para-hydroxylation sites is 2. The molecule has 0 bridgehead atoms. The topological polar surface area (TPSA) is 73.6 Å². The van der Waals surface area contributed by atoms with E-state index in [1.54, 1.807) is 11.8 Å². The monoisotopic (exact) mass is 418 g/mol. The van der Waals surface area contributed by atoms with Gasteiger partial charge in [-0.25, -0.2) is 4.98 Å². The minimum atomic E-state index is -0.136. The molecule has 1 amide bonds. The summed E-state index contributed by atoms with van der Waals surface area (Å²) in [6, 6.07) is 18.4. The maximum absolute atomic E-state index is 12.4. The number of aromatic nitrogens is 3. The minimum absolute atomic E-state index is 0.136. The van der Waals surface area contributed by atoms with Crippen LogP contribution in [-0.4, -0.2) is 33.2 Å². The van der Waals surface area contributed by atoms with E-state index in [2.05, 4.69) is 44.5 Å². The summed E-state index contributed by atoms with van der Waals surface area (Å²) in [6.07, 6.45) is 2.02. The normalized spacial score (nSPS) is 11.3. The van der Waals surface area contributed by atoms with E-state index >= 15 is 0 Å². The van der Waals surface area contributed by atoms with E-state index in [0.29, 0.717) is 12.2 Å². The first-order valence-corrected chi connectivity index (χ1v) is 11.2. The number of aromatic amines is 2. The van der Waals surface area contributed by atoms with Crippen molar-refractivity contribution in [3.63, 3.8) is 0 Å². The molecule has 0 spiro atoms. The first-order chi connectivity index (χ1) is 14.3. The van der Waals surface area contributed by atoms with Crippen LogP contribution in [0.15, 0.2) is 71.1 Å². The molecule has 5 aromatic rings. The fourth-order valence-corrected chi connectivity index (χ4v) is 4.94.